The highest BCUT2D eigenvalue weighted by Gasteiger charge is 2.21. The lowest BCUT2D eigenvalue weighted by Crippen LogP contribution is -1.91. The van der Waals surface area contributed by atoms with E-state index in [-0.39, 0.29) is 0 Å². The van der Waals surface area contributed by atoms with Crippen LogP contribution in [0.1, 0.15) is 11.5 Å². The molecule has 0 amide bonds. The summed E-state index contributed by atoms with van der Waals surface area (Å²) in [5.74, 6) is 1.47. The first-order valence-electron chi connectivity index (χ1n) is 10.1. The van der Waals surface area contributed by atoms with Gasteiger partial charge in [-0.1, -0.05) is 5.16 Å². The van der Waals surface area contributed by atoms with Crippen molar-refractivity contribution in [2.24, 2.45) is 0 Å². The molecule has 0 fully saturated rings. The van der Waals surface area contributed by atoms with Crippen LogP contribution < -0.4 is 4.74 Å². The molecule has 8 heteroatoms. The summed E-state index contributed by atoms with van der Waals surface area (Å²) < 4.78 is 11.2. The fourth-order valence-electron chi connectivity index (χ4n) is 4.39. The molecule has 156 valence electrons. The lowest BCUT2D eigenvalue weighted by atomic mass is 9.99. The molecule has 5 heterocycles. The Bertz CT molecular complexity index is 1620. The predicted molar refractivity (Wildman–Crippen MR) is 121 cm³/mol. The highest BCUT2D eigenvalue weighted by Crippen LogP contribution is 2.41. The van der Waals surface area contributed by atoms with Gasteiger partial charge in [-0.2, -0.15) is 0 Å². The van der Waals surface area contributed by atoms with Crippen LogP contribution in [0.3, 0.4) is 0 Å². The van der Waals surface area contributed by atoms with Gasteiger partial charge in [-0.25, -0.2) is 9.97 Å². The van der Waals surface area contributed by atoms with Crippen LogP contribution in [0.4, 0.5) is 0 Å². The first-order chi connectivity index (χ1) is 15.7. The number of nitrogens with zero attached hydrogens (tertiary/aromatic N) is 5. The summed E-state index contributed by atoms with van der Waals surface area (Å²) in [6, 6.07) is 8.00. The molecule has 0 saturated carbocycles. The van der Waals surface area contributed by atoms with Crippen molar-refractivity contribution in [1.29, 1.82) is 0 Å². The molecular formula is C24H18N6O2. The van der Waals surface area contributed by atoms with Crippen LogP contribution in [0.2, 0.25) is 0 Å². The Morgan fingerprint density at radius 1 is 0.969 bits per heavy atom. The predicted octanol–water partition coefficient (Wildman–Crippen LogP) is 5.00. The van der Waals surface area contributed by atoms with Gasteiger partial charge in [-0.05, 0) is 38.1 Å². The molecule has 5 aromatic heterocycles. The van der Waals surface area contributed by atoms with Crippen LogP contribution in [0.5, 0.6) is 5.75 Å². The number of benzene rings is 1. The van der Waals surface area contributed by atoms with E-state index in [0.29, 0.717) is 0 Å². The second kappa shape index (κ2) is 6.84. The maximum Gasteiger partial charge on any atom is 0.142 e. The van der Waals surface area contributed by atoms with Crippen molar-refractivity contribution >= 4 is 32.8 Å². The molecule has 0 spiro atoms. The van der Waals surface area contributed by atoms with Gasteiger partial charge in [-0.15, -0.1) is 0 Å². The largest absolute Gasteiger partial charge is 0.496 e. The zero-order chi connectivity index (χ0) is 21.8. The number of hydrogen-bond donors (Lipinski definition) is 1. The third-order valence-electron chi connectivity index (χ3n) is 5.81. The van der Waals surface area contributed by atoms with Crippen LogP contribution in [0.15, 0.2) is 53.7 Å². The molecule has 0 radical (unpaired) electrons. The summed E-state index contributed by atoms with van der Waals surface area (Å²) in [6.45, 7) is 3.82. The summed E-state index contributed by atoms with van der Waals surface area (Å²) >= 11 is 0. The lowest BCUT2D eigenvalue weighted by molar-refractivity contribution is 0.393. The SMILES string of the molecule is COc1cc2c(cc1-c1c(C)noc1C)[nH]c1ncnc(-c3ccnc4cnccc34)c12. The fraction of sp³-hybridized carbons (Fsp3) is 0.125. The molecule has 0 bridgehead atoms. The standard InChI is InChI=1S/C24H18N6O2/c1-12-21(13(2)32-30-12)17-8-18-16(9-20(17)31-3)22-23(27-11-28-24(22)29-18)15-5-7-26-19-10-25-6-4-14(15)19/h4-11H,1-3H3,(H,27,28,29). The van der Waals surface area contributed by atoms with Gasteiger partial charge in [0.2, 0.25) is 0 Å². The Morgan fingerprint density at radius 2 is 1.88 bits per heavy atom. The van der Waals surface area contributed by atoms with Gasteiger partial charge in [0, 0.05) is 39.8 Å². The van der Waals surface area contributed by atoms with Gasteiger partial charge in [0.1, 0.15) is 23.5 Å². The van der Waals surface area contributed by atoms with Crippen molar-refractivity contribution in [3.63, 3.8) is 0 Å². The quantitative estimate of drug-likeness (QED) is 0.428. The number of nitrogens with one attached hydrogen (secondary N) is 1. The van der Waals surface area contributed by atoms with E-state index in [9.17, 15) is 0 Å². The van der Waals surface area contributed by atoms with E-state index in [1.54, 1.807) is 32.0 Å². The molecule has 1 aromatic carbocycles. The van der Waals surface area contributed by atoms with Crippen LogP contribution in [0, 0.1) is 13.8 Å². The number of aromatic amines is 1. The molecule has 0 aliphatic carbocycles. The van der Waals surface area contributed by atoms with Crippen molar-refractivity contribution in [2.45, 2.75) is 13.8 Å². The molecule has 32 heavy (non-hydrogen) atoms. The summed E-state index contributed by atoms with van der Waals surface area (Å²) in [5.41, 5.74) is 6.95. The Morgan fingerprint density at radius 3 is 2.69 bits per heavy atom. The Balaban J connectivity index is 1.69. The number of ether oxygens (including phenoxy) is 1. The van der Waals surface area contributed by atoms with E-state index in [2.05, 4.69) is 36.1 Å². The fourth-order valence-corrected chi connectivity index (χ4v) is 4.39. The number of rotatable bonds is 3. The average Bonchev–Trinajstić information content (AvgIpc) is 3.36. The highest BCUT2D eigenvalue weighted by molar-refractivity contribution is 6.15. The first-order valence-corrected chi connectivity index (χ1v) is 10.1. The highest BCUT2D eigenvalue weighted by atomic mass is 16.5. The molecule has 0 saturated heterocycles. The van der Waals surface area contributed by atoms with Crippen molar-refractivity contribution in [3.8, 4) is 28.1 Å². The van der Waals surface area contributed by atoms with Gasteiger partial charge in [0.05, 0.1) is 41.2 Å². The Labute approximate surface area is 182 Å². The maximum absolute atomic E-state index is 5.78. The van der Waals surface area contributed by atoms with E-state index in [0.717, 1.165) is 72.4 Å². The zero-order valence-corrected chi connectivity index (χ0v) is 17.7. The van der Waals surface area contributed by atoms with Gasteiger partial charge >= 0.3 is 0 Å². The molecule has 8 nitrogen and oxygen atoms in total. The Kier molecular flexibility index (Phi) is 3.94. The second-order valence-corrected chi connectivity index (χ2v) is 7.62. The molecule has 6 rings (SSSR count). The van der Waals surface area contributed by atoms with E-state index < -0.39 is 0 Å². The summed E-state index contributed by atoms with van der Waals surface area (Å²) in [5, 5.41) is 6.98. The lowest BCUT2D eigenvalue weighted by Gasteiger charge is -2.10. The van der Waals surface area contributed by atoms with E-state index in [1.807, 2.05) is 32.0 Å². The number of H-pyrrole nitrogens is 1. The van der Waals surface area contributed by atoms with Crippen LogP contribution in [-0.4, -0.2) is 37.2 Å². The Hall–Kier alpha value is -4.33. The van der Waals surface area contributed by atoms with E-state index in [4.69, 9.17) is 9.26 Å². The number of hydrogen-bond acceptors (Lipinski definition) is 7. The maximum atomic E-state index is 5.78. The van der Waals surface area contributed by atoms with Gasteiger partial charge < -0.3 is 14.2 Å². The summed E-state index contributed by atoms with van der Waals surface area (Å²) in [7, 11) is 1.67. The molecule has 1 N–H and O–H groups in total. The number of aromatic nitrogens is 6. The molecule has 0 atom stereocenters. The zero-order valence-electron chi connectivity index (χ0n) is 17.7. The minimum Gasteiger partial charge on any atom is -0.496 e. The third kappa shape index (κ3) is 2.59. The summed E-state index contributed by atoms with van der Waals surface area (Å²) in [6.07, 6.45) is 6.87. The topological polar surface area (TPSA) is 103 Å². The van der Waals surface area contributed by atoms with Crippen LogP contribution in [0.25, 0.3) is 55.2 Å². The number of fused-ring (bicyclic) bond motifs is 4. The van der Waals surface area contributed by atoms with E-state index >= 15 is 0 Å². The van der Waals surface area contributed by atoms with Crippen molar-refractivity contribution < 1.29 is 9.26 Å². The molecule has 0 aliphatic heterocycles. The third-order valence-corrected chi connectivity index (χ3v) is 5.81. The van der Waals surface area contributed by atoms with Gasteiger partial charge in [0.25, 0.3) is 0 Å². The van der Waals surface area contributed by atoms with Crippen molar-refractivity contribution in [1.82, 2.24) is 30.1 Å². The van der Waals surface area contributed by atoms with E-state index in [1.165, 1.54) is 0 Å². The first kappa shape index (κ1) is 18.4. The van der Waals surface area contributed by atoms with Gasteiger partial charge in [0.15, 0.2) is 0 Å². The molecule has 0 aliphatic rings. The second-order valence-electron chi connectivity index (χ2n) is 7.62. The smallest absolute Gasteiger partial charge is 0.142 e. The number of aryl methyl sites for hydroxylation is 2. The number of pyridine rings is 2. The normalized spacial score (nSPS) is 11.6. The van der Waals surface area contributed by atoms with Crippen molar-refractivity contribution in [3.05, 3.63) is 60.6 Å². The number of methoxy groups -OCH3 is 1. The monoisotopic (exact) mass is 422 g/mol. The van der Waals surface area contributed by atoms with Crippen LogP contribution >= 0.6 is 0 Å². The summed E-state index contributed by atoms with van der Waals surface area (Å²) in [4.78, 5) is 21.2. The van der Waals surface area contributed by atoms with Gasteiger partial charge in [-0.3, -0.25) is 9.97 Å². The minimum atomic E-state index is 0.728. The van der Waals surface area contributed by atoms with Crippen molar-refractivity contribution in [2.75, 3.05) is 7.11 Å². The van der Waals surface area contributed by atoms with Crippen LogP contribution in [-0.2, 0) is 0 Å². The minimum absolute atomic E-state index is 0.728. The molecule has 6 aromatic rings. The molecular weight excluding hydrogens is 404 g/mol. The average molecular weight is 422 g/mol. The molecule has 0 unspecified atom stereocenters.